The molecule has 0 aliphatic carbocycles. The van der Waals surface area contributed by atoms with Crippen molar-refractivity contribution in [3.8, 4) is 0 Å². The van der Waals surface area contributed by atoms with Gasteiger partial charge in [-0.15, -0.1) is 0 Å². The average molecular weight is 860 g/mol. The Morgan fingerprint density at radius 1 is 0.410 bits per heavy atom. The summed E-state index contributed by atoms with van der Waals surface area (Å²) in [4.78, 5) is 12.5. The minimum absolute atomic E-state index is 0.0104. The third-order valence-electron chi connectivity index (χ3n) is 13.0. The SMILES string of the molecule is CCCCCCCCCCCCCCCCCC/C=C/CC/C=C/C(O)C(CO)NC(=O)CC(O)CCCCCCCCCCCCCCCCCCCCCCCCCC. The lowest BCUT2D eigenvalue weighted by atomic mass is 10.0. The lowest BCUT2D eigenvalue weighted by Crippen LogP contribution is -2.45. The van der Waals surface area contributed by atoms with Crippen LogP contribution in [0.25, 0.3) is 0 Å². The van der Waals surface area contributed by atoms with Crippen molar-refractivity contribution in [2.75, 3.05) is 6.61 Å². The van der Waals surface area contributed by atoms with E-state index in [2.05, 4.69) is 31.3 Å². The van der Waals surface area contributed by atoms with Gasteiger partial charge in [0.05, 0.1) is 31.3 Å². The summed E-state index contributed by atoms with van der Waals surface area (Å²) < 4.78 is 0. The molecule has 362 valence electrons. The van der Waals surface area contributed by atoms with Gasteiger partial charge in [0.2, 0.25) is 5.91 Å². The molecule has 0 spiro atoms. The van der Waals surface area contributed by atoms with Crippen molar-refractivity contribution in [1.29, 1.82) is 0 Å². The first-order valence-corrected chi connectivity index (χ1v) is 27.6. The lowest BCUT2D eigenvalue weighted by Gasteiger charge is -2.21. The van der Waals surface area contributed by atoms with E-state index >= 15 is 0 Å². The van der Waals surface area contributed by atoms with Crippen LogP contribution < -0.4 is 5.32 Å². The van der Waals surface area contributed by atoms with Gasteiger partial charge in [-0.25, -0.2) is 0 Å². The zero-order valence-electron chi connectivity index (χ0n) is 41.3. The fourth-order valence-corrected chi connectivity index (χ4v) is 8.77. The molecule has 3 atom stereocenters. The Labute approximate surface area is 382 Å². The van der Waals surface area contributed by atoms with Crippen molar-refractivity contribution in [1.82, 2.24) is 5.32 Å². The van der Waals surface area contributed by atoms with Crippen LogP contribution >= 0.6 is 0 Å². The van der Waals surface area contributed by atoms with E-state index in [9.17, 15) is 20.1 Å². The van der Waals surface area contributed by atoms with E-state index < -0.39 is 18.2 Å². The maximum absolute atomic E-state index is 12.5. The van der Waals surface area contributed by atoms with Gasteiger partial charge in [0.1, 0.15) is 0 Å². The third-order valence-corrected chi connectivity index (χ3v) is 13.0. The summed E-state index contributed by atoms with van der Waals surface area (Å²) in [6, 6.07) is -0.759. The fourth-order valence-electron chi connectivity index (χ4n) is 8.77. The van der Waals surface area contributed by atoms with Crippen molar-refractivity contribution in [3.63, 3.8) is 0 Å². The number of rotatable bonds is 51. The predicted molar refractivity (Wildman–Crippen MR) is 268 cm³/mol. The second-order valence-corrected chi connectivity index (χ2v) is 19.2. The molecule has 0 saturated heterocycles. The molecule has 0 radical (unpaired) electrons. The Hall–Kier alpha value is -1.17. The highest BCUT2D eigenvalue weighted by Gasteiger charge is 2.20. The van der Waals surface area contributed by atoms with Gasteiger partial charge in [-0.1, -0.05) is 289 Å². The smallest absolute Gasteiger partial charge is 0.222 e. The molecule has 0 heterocycles. The van der Waals surface area contributed by atoms with Gasteiger partial charge in [-0.2, -0.15) is 0 Å². The van der Waals surface area contributed by atoms with Crippen LogP contribution in [0, 0.1) is 0 Å². The van der Waals surface area contributed by atoms with Gasteiger partial charge in [0.15, 0.2) is 0 Å². The Morgan fingerprint density at radius 3 is 1.05 bits per heavy atom. The fraction of sp³-hybridized carbons (Fsp3) is 0.911. The molecular weight excluding hydrogens is 751 g/mol. The molecule has 0 fully saturated rings. The van der Waals surface area contributed by atoms with E-state index in [0.717, 1.165) is 32.1 Å². The molecule has 0 aliphatic rings. The summed E-state index contributed by atoms with van der Waals surface area (Å²) >= 11 is 0. The van der Waals surface area contributed by atoms with E-state index in [1.807, 2.05) is 6.08 Å². The molecule has 0 aromatic heterocycles. The molecule has 5 heteroatoms. The van der Waals surface area contributed by atoms with Crippen LogP contribution in [0.5, 0.6) is 0 Å². The molecule has 0 aliphatic heterocycles. The molecule has 0 bridgehead atoms. The maximum Gasteiger partial charge on any atom is 0.222 e. The van der Waals surface area contributed by atoms with Crippen LogP contribution in [0.4, 0.5) is 0 Å². The number of amides is 1. The first-order valence-electron chi connectivity index (χ1n) is 27.6. The number of hydrogen-bond acceptors (Lipinski definition) is 4. The minimum Gasteiger partial charge on any atom is -0.394 e. The molecule has 61 heavy (non-hydrogen) atoms. The predicted octanol–water partition coefficient (Wildman–Crippen LogP) is 16.9. The van der Waals surface area contributed by atoms with E-state index in [-0.39, 0.29) is 18.9 Å². The van der Waals surface area contributed by atoms with Crippen LogP contribution in [0.15, 0.2) is 24.3 Å². The molecule has 0 aromatic carbocycles. The van der Waals surface area contributed by atoms with Crippen molar-refractivity contribution in [2.24, 2.45) is 0 Å². The Bertz CT molecular complexity index is 905. The quantitative estimate of drug-likeness (QED) is 0.0362. The minimum atomic E-state index is -0.950. The zero-order valence-corrected chi connectivity index (χ0v) is 41.3. The lowest BCUT2D eigenvalue weighted by molar-refractivity contribution is -0.124. The second-order valence-electron chi connectivity index (χ2n) is 19.2. The van der Waals surface area contributed by atoms with Crippen molar-refractivity contribution < 1.29 is 20.1 Å². The number of hydrogen-bond donors (Lipinski definition) is 4. The van der Waals surface area contributed by atoms with E-state index in [4.69, 9.17) is 0 Å². The largest absolute Gasteiger partial charge is 0.394 e. The van der Waals surface area contributed by atoms with Crippen LogP contribution in [0.2, 0.25) is 0 Å². The summed E-state index contributed by atoms with van der Waals surface area (Å²) in [6.45, 7) is 4.24. The summed E-state index contributed by atoms with van der Waals surface area (Å²) in [7, 11) is 0. The van der Waals surface area contributed by atoms with E-state index in [1.54, 1.807) is 6.08 Å². The molecule has 3 unspecified atom stereocenters. The van der Waals surface area contributed by atoms with Crippen molar-refractivity contribution in [3.05, 3.63) is 24.3 Å². The van der Waals surface area contributed by atoms with Gasteiger partial charge < -0.3 is 20.6 Å². The Morgan fingerprint density at radius 2 is 0.705 bits per heavy atom. The Kier molecular flexibility index (Phi) is 50.5. The van der Waals surface area contributed by atoms with Gasteiger partial charge in [-0.3, -0.25) is 4.79 Å². The zero-order chi connectivity index (χ0) is 44.4. The molecular formula is C56H109NO4. The molecule has 5 nitrogen and oxygen atoms in total. The number of aliphatic hydroxyl groups excluding tert-OH is 3. The number of carbonyl (C=O) groups excluding carboxylic acids is 1. The van der Waals surface area contributed by atoms with Crippen molar-refractivity contribution in [2.45, 2.75) is 321 Å². The molecule has 0 aromatic rings. The average Bonchev–Trinajstić information content (AvgIpc) is 3.25. The van der Waals surface area contributed by atoms with Crippen LogP contribution in [-0.4, -0.2) is 46.1 Å². The third kappa shape index (κ3) is 48.1. The summed E-state index contributed by atoms with van der Waals surface area (Å²) in [6.07, 6.45) is 65.1. The number of allylic oxidation sites excluding steroid dienone is 3. The molecule has 1 amide bonds. The number of nitrogens with one attached hydrogen (secondary N) is 1. The van der Waals surface area contributed by atoms with Gasteiger partial charge in [0, 0.05) is 0 Å². The van der Waals surface area contributed by atoms with Crippen LogP contribution in [0.3, 0.4) is 0 Å². The highest BCUT2D eigenvalue weighted by Crippen LogP contribution is 2.18. The standard InChI is InChI=1S/C56H109NO4/c1-3-5-7-9-11-13-15-17-19-21-23-25-27-28-29-31-33-35-37-39-41-43-45-47-49-53(59)51-56(61)57-54(52-58)55(60)50-48-46-44-42-40-38-36-34-32-30-26-24-22-20-18-16-14-12-10-8-6-4-2/h40,42,48,50,53-55,58-60H,3-39,41,43-47,49,51-52H2,1-2H3,(H,57,61)/b42-40+,50-48+. The number of aliphatic hydroxyl groups is 3. The molecule has 0 saturated carbocycles. The summed E-state index contributed by atoms with van der Waals surface area (Å²) in [5.74, 6) is -0.319. The summed E-state index contributed by atoms with van der Waals surface area (Å²) in [5, 5.41) is 33.4. The van der Waals surface area contributed by atoms with Gasteiger partial charge >= 0.3 is 0 Å². The topological polar surface area (TPSA) is 89.8 Å². The molecule has 0 rings (SSSR count). The van der Waals surface area contributed by atoms with Crippen molar-refractivity contribution >= 4 is 5.91 Å². The monoisotopic (exact) mass is 860 g/mol. The van der Waals surface area contributed by atoms with E-state index in [0.29, 0.717) is 6.42 Å². The van der Waals surface area contributed by atoms with Gasteiger partial charge in [0.25, 0.3) is 0 Å². The van der Waals surface area contributed by atoms with Gasteiger partial charge in [-0.05, 0) is 32.1 Å². The normalized spacial score (nSPS) is 13.5. The van der Waals surface area contributed by atoms with Crippen LogP contribution in [-0.2, 0) is 4.79 Å². The highest BCUT2D eigenvalue weighted by atomic mass is 16.3. The van der Waals surface area contributed by atoms with E-state index in [1.165, 1.54) is 244 Å². The first-order chi connectivity index (χ1) is 30.0. The summed E-state index contributed by atoms with van der Waals surface area (Å²) in [5.41, 5.74) is 0. The first kappa shape index (κ1) is 59.8. The van der Waals surface area contributed by atoms with Crippen LogP contribution in [0.1, 0.15) is 303 Å². The number of unbranched alkanes of at least 4 members (excludes halogenated alkanes) is 40. The Balaban J connectivity index is 3.58. The second kappa shape index (κ2) is 51.5. The highest BCUT2D eigenvalue weighted by molar-refractivity contribution is 5.76. The number of carbonyl (C=O) groups is 1. The maximum atomic E-state index is 12.5. The molecule has 4 N–H and O–H groups in total.